The highest BCUT2D eigenvalue weighted by molar-refractivity contribution is 6.06. The number of carbonyl (C=O) groups excluding carboxylic acids is 1. The van der Waals surface area contributed by atoms with Crippen LogP contribution in [-0.4, -0.2) is 45.2 Å². The maximum Gasteiger partial charge on any atom is 0.262 e. The first kappa shape index (κ1) is 17.7. The summed E-state index contributed by atoms with van der Waals surface area (Å²) >= 11 is 0. The molecule has 0 aliphatic carbocycles. The highest BCUT2D eigenvalue weighted by Gasteiger charge is 2.21. The van der Waals surface area contributed by atoms with E-state index in [1.165, 1.54) is 0 Å². The van der Waals surface area contributed by atoms with Gasteiger partial charge in [0.05, 0.1) is 30.1 Å². The van der Waals surface area contributed by atoms with Gasteiger partial charge >= 0.3 is 0 Å². The van der Waals surface area contributed by atoms with Gasteiger partial charge < -0.3 is 19.2 Å². The highest BCUT2D eigenvalue weighted by atomic mass is 16.5. The summed E-state index contributed by atoms with van der Waals surface area (Å²) < 4.78 is 14.5. The molecule has 4 aromatic heterocycles. The average Bonchev–Trinajstić information content (AvgIpc) is 3.40. The van der Waals surface area contributed by atoms with E-state index in [0.29, 0.717) is 23.0 Å². The zero-order valence-electron chi connectivity index (χ0n) is 16.0. The van der Waals surface area contributed by atoms with E-state index >= 15 is 0 Å². The van der Waals surface area contributed by atoms with E-state index in [2.05, 4.69) is 10.4 Å². The van der Waals surface area contributed by atoms with Gasteiger partial charge in [0.1, 0.15) is 17.2 Å². The summed E-state index contributed by atoms with van der Waals surface area (Å²) in [5, 5.41) is 7.19. The normalized spacial score (nSPS) is 15.1. The van der Waals surface area contributed by atoms with E-state index in [0.717, 1.165) is 42.9 Å². The van der Waals surface area contributed by atoms with E-state index in [1.54, 1.807) is 30.1 Å². The van der Waals surface area contributed by atoms with Crippen LogP contribution in [0.5, 0.6) is 5.75 Å². The number of carbonyl (C=O) groups is 1. The SMILES string of the molecule is COc1cc2nc(C3CCOCC3)cn2cc1C(=O)Nc1cccc2ccnn12. The summed E-state index contributed by atoms with van der Waals surface area (Å²) in [6.07, 6.45) is 7.38. The Kier molecular flexibility index (Phi) is 4.40. The molecule has 1 saturated heterocycles. The Morgan fingerprint density at radius 3 is 2.93 bits per heavy atom. The molecule has 1 fully saturated rings. The molecular weight excluding hydrogens is 370 g/mol. The first-order valence-corrected chi connectivity index (χ1v) is 9.61. The second-order valence-electron chi connectivity index (χ2n) is 7.11. The van der Waals surface area contributed by atoms with Gasteiger partial charge in [-0.25, -0.2) is 9.50 Å². The number of fused-ring (bicyclic) bond motifs is 2. The smallest absolute Gasteiger partial charge is 0.262 e. The molecule has 1 N–H and O–H groups in total. The summed E-state index contributed by atoms with van der Waals surface area (Å²) in [6.45, 7) is 1.52. The van der Waals surface area contributed by atoms with Crippen LogP contribution in [0.25, 0.3) is 11.2 Å². The number of nitrogens with zero attached hydrogens (tertiary/aromatic N) is 4. The predicted molar refractivity (Wildman–Crippen MR) is 108 cm³/mol. The molecule has 1 amide bonds. The fraction of sp³-hybridized carbons (Fsp3) is 0.286. The van der Waals surface area contributed by atoms with Crippen molar-refractivity contribution in [1.29, 1.82) is 0 Å². The molecule has 0 atom stereocenters. The quantitative estimate of drug-likeness (QED) is 0.578. The zero-order chi connectivity index (χ0) is 19.8. The number of anilines is 1. The number of hydrogen-bond donors (Lipinski definition) is 1. The standard InChI is InChI=1S/C21H21N5O3/c1-28-18-11-20-23-17(14-6-9-29-10-7-14)13-25(20)12-16(18)21(27)24-19-4-2-3-15-5-8-22-26(15)19/h2-5,8,11-14H,6-7,9-10H2,1H3,(H,24,27). The second-order valence-corrected chi connectivity index (χ2v) is 7.11. The number of aromatic nitrogens is 4. The molecule has 0 saturated carbocycles. The van der Waals surface area contributed by atoms with Gasteiger partial charge in [-0.05, 0) is 31.0 Å². The molecule has 8 heteroatoms. The first-order valence-electron chi connectivity index (χ1n) is 9.61. The lowest BCUT2D eigenvalue weighted by Crippen LogP contribution is -2.16. The van der Waals surface area contributed by atoms with Gasteiger partial charge in [0.15, 0.2) is 0 Å². The molecule has 0 radical (unpaired) electrons. The number of nitrogens with one attached hydrogen (secondary N) is 1. The average molecular weight is 391 g/mol. The van der Waals surface area contributed by atoms with Crippen molar-refractivity contribution in [1.82, 2.24) is 19.0 Å². The van der Waals surface area contributed by atoms with Gasteiger partial charge in [-0.1, -0.05) is 6.07 Å². The molecule has 0 bridgehead atoms. The van der Waals surface area contributed by atoms with Crippen molar-refractivity contribution in [3.63, 3.8) is 0 Å². The minimum Gasteiger partial charge on any atom is -0.496 e. The molecule has 29 heavy (non-hydrogen) atoms. The maximum absolute atomic E-state index is 13.0. The van der Waals surface area contributed by atoms with Gasteiger partial charge in [0.2, 0.25) is 0 Å². The lowest BCUT2D eigenvalue weighted by Gasteiger charge is -2.19. The summed E-state index contributed by atoms with van der Waals surface area (Å²) in [7, 11) is 1.55. The van der Waals surface area contributed by atoms with E-state index < -0.39 is 0 Å². The molecule has 148 valence electrons. The first-order chi connectivity index (χ1) is 14.2. The maximum atomic E-state index is 13.0. The Balaban J connectivity index is 1.49. The molecule has 0 aromatic carbocycles. The number of amides is 1. The van der Waals surface area contributed by atoms with Crippen molar-refractivity contribution in [2.24, 2.45) is 0 Å². The number of imidazole rings is 1. The van der Waals surface area contributed by atoms with Crippen LogP contribution in [0.3, 0.4) is 0 Å². The van der Waals surface area contributed by atoms with Crippen molar-refractivity contribution < 1.29 is 14.3 Å². The molecule has 1 aliphatic rings. The molecular formula is C21H21N5O3. The minimum absolute atomic E-state index is 0.270. The molecule has 0 spiro atoms. The Morgan fingerprint density at radius 1 is 1.24 bits per heavy atom. The lowest BCUT2D eigenvalue weighted by molar-refractivity contribution is 0.0846. The van der Waals surface area contributed by atoms with Crippen LogP contribution in [0, 0.1) is 0 Å². The summed E-state index contributed by atoms with van der Waals surface area (Å²) in [6, 6.07) is 9.29. The fourth-order valence-corrected chi connectivity index (χ4v) is 3.79. The number of ether oxygens (including phenoxy) is 2. The van der Waals surface area contributed by atoms with E-state index in [-0.39, 0.29) is 5.91 Å². The number of pyridine rings is 2. The Hall–Kier alpha value is -3.39. The van der Waals surface area contributed by atoms with Gasteiger partial charge in [0.25, 0.3) is 5.91 Å². The number of hydrogen-bond acceptors (Lipinski definition) is 5. The molecule has 5 heterocycles. The van der Waals surface area contributed by atoms with Gasteiger partial charge in [-0.2, -0.15) is 5.10 Å². The van der Waals surface area contributed by atoms with Crippen molar-refractivity contribution in [2.75, 3.05) is 25.6 Å². The third-order valence-electron chi connectivity index (χ3n) is 5.34. The van der Waals surface area contributed by atoms with E-state index in [4.69, 9.17) is 14.5 Å². The molecule has 5 rings (SSSR count). The molecule has 4 aromatic rings. The Labute approximate surface area is 167 Å². The van der Waals surface area contributed by atoms with Crippen LogP contribution in [0.15, 0.2) is 48.9 Å². The van der Waals surface area contributed by atoms with Crippen LogP contribution in [0.2, 0.25) is 0 Å². The zero-order valence-corrected chi connectivity index (χ0v) is 16.0. The topological polar surface area (TPSA) is 82.2 Å². The van der Waals surface area contributed by atoms with Crippen LogP contribution in [0.1, 0.15) is 34.8 Å². The van der Waals surface area contributed by atoms with Crippen LogP contribution in [0.4, 0.5) is 5.82 Å². The van der Waals surface area contributed by atoms with Gasteiger partial charge in [0, 0.05) is 37.6 Å². The summed E-state index contributed by atoms with van der Waals surface area (Å²) in [5.41, 5.74) is 3.12. The highest BCUT2D eigenvalue weighted by Crippen LogP contribution is 2.28. The number of rotatable bonds is 4. The van der Waals surface area contributed by atoms with Crippen LogP contribution >= 0.6 is 0 Å². The number of methoxy groups -OCH3 is 1. The third-order valence-corrected chi connectivity index (χ3v) is 5.34. The van der Waals surface area contributed by atoms with E-state index in [9.17, 15) is 4.79 Å². The molecule has 0 unspecified atom stereocenters. The van der Waals surface area contributed by atoms with Crippen LogP contribution < -0.4 is 10.1 Å². The Bertz CT molecular complexity index is 1190. The van der Waals surface area contributed by atoms with Crippen molar-refractivity contribution >= 4 is 22.9 Å². The fourth-order valence-electron chi connectivity index (χ4n) is 3.79. The second kappa shape index (κ2) is 7.21. The van der Waals surface area contributed by atoms with Gasteiger partial charge in [-0.3, -0.25) is 4.79 Å². The molecule has 8 nitrogen and oxygen atoms in total. The largest absolute Gasteiger partial charge is 0.496 e. The van der Waals surface area contributed by atoms with Crippen molar-refractivity contribution in [3.05, 3.63) is 60.2 Å². The lowest BCUT2D eigenvalue weighted by atomic mass is 9.97. The minimum atomic E-state index is -0.270. The van der Waals surface area contributed by atoms with Crippen molar-refractivity contribution in [3.8, 4) is 5.75 Å². The van der Waals surface area contributed by atoms with Crippen molar-refractivity contribution in [2.45, 2.75) is 18.8 Å². The van der Waals surface area contributed by atoms with E-state index in [1.807, 2.05) is 34.9 Å². The summed E-state index contributed by atoms with van der Waals surface area (Å²) in [5.74, 6) is 1.18. The van der Waals surface area contributed by atoms with Gasteiger partial charge in [-0.15, -0.1) is 0 Å². The predicted octanol–water partition coefficient (Wildman–Crippen LogP) is 3.14. The summed E-state index contributed by atoms with van der Waals surface area (Å²) in [4.78, 5) is 17.8. The molecule has 1 aliphatic heterocycles. The van der Waals surface area contributed by atoms with Crippen LogP contribution in [-0.2, 0) is 4.74 Å². The monoisotopic (exact) mass is 391 g/mol. The third kappa shape index (κ3) is 3.21. The Morgan fingerprint density at radius 2 is 2.10 bits per heavy atom.